The number of anilines is 1. The molecule has 0 spiro atoms. The van der Waals surface area contributed by atoms with Crippen molar-refractivity contribution >= 4 is 16.8 Å². The van der Waals surface area contributed by atoms with E-state index in [0.29, 0.717) is 5.69 Å². The first-order valence-electron chi connectivity index (χ1n) is 4.24. The molecule has 2 heterocycles. The summed E-state index contributed by atoms with van der Waals surface area (Å²) in [6, 6.07) is 3.13. The smallest absolute Gasteiger partial charge is 0.363 e. The van der Waals surface area contributed by atoms with E-state index < -0.39 is 5.63 Å². The van der Waals surface area contributed by atoms with Crippen LogP contribution in [0.3, 0.4) is 0 Å². The number of fused-ring (bicyclic) bond motifs is 1. The van der Waals surface area contributed by atoms with Gasteiger partial charge in [-0.15, -0.1) is 0 Å². The topological polar surface area (TPSA) is 115 Å². The number of nitrogen functional groups attached to an aromatic ring is 1. The van der Waals surface area contributed by atoms with Crippen LogP contribution in [0.1, 0.15) is 5.69 Å². The molecule has 0 aromatic carbocycles. The van der Waals surface area contributed by atoms with Crippen molar-refractivity contribution in [3.8, 4) is 5.75 Å². The third-order valence-corrected chi connectivity index (χ3v) is 2.03. The van der Waals surface area contributed by atoms with E-state index in [0.717, 1.165) is 0 Å². The van der Waals surface area contributed by atoms with Gasteiger partial charge < -0.3 is 21.0 Å². The molecular weight excluding hydrogens is 198 g/mol. The van der Waals surface area contributed by atoms with Crippen molar-refractivity contribution in [1.29, 1.82) is 0 Å². The van der Waals surface area contributed by atoms with E-state index in [2.05, 4.69) is 4.98 Å². The van der Waals surface area contributed by atoms with E-state index in [9.17, 15) is 9.90 Å². The molecular formula is C9H9N3O3. The van der Waals surface area contributed by atoms with Crippen LogP contribution in [0.2, 0.25) is 0 Å². The second-order valence-electron chi connectivity index (χ2n) is 3.01. The summed E-state index contributed by atoms with van der Waals surface area (Å²) >= 11 is 0. The molecule has 0 unspecified atom stereocenters. The molecule has 0 aliphatic heterocycles. The summed E-state index contributed by atoms with van der Waals surface area (Å²) < 4.78 is 4.83. The molecule has 5 N–H and O–H groups in total. The molecule has 0 atom stereocenters. The third kappa shape index (κ3) is 1.40. The average Bonchev–Trinajstić information content (AvgIpc) is 2.26. The highest BCUT2D eigenvalue weighted by molar-refractivity contribution is 5.83. The Morgan fingerprint density at radius 2 is 2.20 bits per heavy atom. The molecule has 2 rings (SSSR count). The Morgan fingerprint density at radius 3 is 2.87 bits per heavy atom. The lowest BCUT2D eigenvalue weighted by Gasteiger charge is -2.02. The minimum atomic E-state index is -0.776. The number of nitrogens with zero attached hydrogens (tertiary/aromatic N) is 1. The van der Waals surface area contributed by atoms with Crippen LogP contribution in [0.5, 0.6) is 5.75 Å². The van der Waals surface area contributed by atoms with Gasteiger partial charge in [0.05, 0.1) is 5.69 Å². The zero-order chi connectivity index (χ0) is 11.0. The number of rotatable bonds is 1. The van der Waals surface area contributed by atoms with E-state index in [4.69, 9.17) is 15.9 Å². The molecule has 0 fully saturated rings. The van der Waals surface area contributed by atoms with Gasteiger partial charge in [0.1, 0.15) is 0 Å². The predicted octanol–water partition coefficient (Wildman–Crippen LogP) is -0.0655. The fourth-order valence-corrected chi connectivity index (χ4v) is 1.23. The molecule has 2 aromatic rings. The van der Waals surface area contributed by atoms with Gasteiger partial charge in [-0.05, 0) is 12.1 Å². The molecule has 0 aliphatic carbocycles. The van der Waals surface area contributed by atoms with Gasteiger partial charge in [0.15, 0.2) is 22.5 Å². The van der Waals surface area contributed by atoms with Gasteiger partial charge in [0.25, 0.3) is 0 Å². The van der Waals surface area contributed by atoms with Crippen molar-refractivity contribution in [3.63, 3.8) is 0 Å². The lowest BCUT2D eigenvalue weighted by atomic mass is 10.2. The minimum Gasteiger partial charge on any atom is -0.504 e. The fraction of sp³-hybridized carbons (Fsp3) is 0.111. The van der Waals surface area contributed by atoms with Crippen LogP contribution in [0.15, 0.2) is 21.3 Å². The summed E-state index contributed by atoms with van der Waals surface area (Å²) in [6.07, 6.45) is 0. The summed E-state index contributed by atoms with van der Waals surface area (Å²) in [4.78, 5) is 15.1. The van der Waals surface area contributed by atoms with Crippen LogP contribution in [-0.2, 0) is 6.54 Å². The average molecular weight is 207 g/mol. The molecule has 6 heteroatoms. The van der Waals surface area contributed by atoms with Gasteiger partial charge in [-0.1, -0.05) is 0 Å². The maximum Gasteiger partial charge on any atom is 0.363 e. The number of aromatic hydroxyl groups is 1. The summed E-state index contributed by atoms with van der Waals surface area (Å²) in [5, 5.41) is 9.57. The normalized spacial score (nSPS) is 10.7. The Labute approximate surface area is 84.1 Å². The van der Waals surface area contributed by atoms with Crippen molar-refractivity contribution in [2.24, 2.45) is 5.73 Å². The van der Waals surface area contributed by atoms with Gasteiger partial charge in [-0.3, -0.25) is 0 Å². The van der Waals surface area contributed by atoms with Crippen molar-refractivity contribution < 1.29 is 9.52 Å². The quantitative estimate of drug-likeness (QED) is 0.603. The lowest BCUT2D eigenvalue weighted by Crippen LogP contribution is -2.08. The first-order chi connectivity index (χ1) is 7.13. The van der Waals surface area contributed by atoms with E-state index in [1.165, 1.54) is 6.07 Å². The monoisotopic (exact) mass is 207 g/mol. The van der Waals surface area contributed by atoms with Crippen LogP contribution in [0.25, 0.3) is 11.1 Å². The van der Waals surface area contributed by atoms with Crippen molar-refractivity contribution in [2.45, 2.75) is 6.54 Å². The highest BCUT2D eigenvalue weighted by Crippen LogP contribution is 2.25. The van der Waals surface area contributed by atoms with Gasteiger partial charge in [-0.25, -0.2) is 9.78 Å². The summed E-state index contributed by atoms with van der Waals surface area (Å²) in [5.74, 6) is -0.364. The number of nitrogens with two attached hydrogens (primary N) is 2. The first kappa shape index (κ1) is 9.47. The third-order valence-electron chi connectivity index (χ3n) is 2.03. The molecule has 15 heavy (non-hydrogen) atoms. The number of pyridine rings is 1. The second kappa shape index (κ2) is 3.25. The largest absolute Gasteiger partial charge is 0.504 e. The van der Waals surface area contributed by atoms with Crippen LogP contribution in [-0.4, -0.2) is 10.1 Å². The standard InChI is InChI=1S/C9H9N3O3/c10-3-4-1-2-5-7(12-4)8(13)6(11)9(14)15-5/h1-2,13H,3,10-11H2. The van der Waals surface area contributed by atoms with Crippen molar-refractivity contribution in [2.75, 3.05) is 5.73 Å². The molecule has 6 nitrogen and oxygen atoms in total. The Hall–Kier alpha value is -2.08. The zero-order valence-electron chi connectivity index (χ0n) is 7.73. The molecule has 0 aliphatic rings. The molecule has 2 aromatic heterocycles. The fourth-order valence-electron chi connectivity index (χ4n) is 1.23. The Kier molecular flexibility index (Phi) is 2.05. The minimum absolute atomic E-state index is 0.148. The van der Waals surface area contributed by atoms with Crippen LogP contribution in [0, 0.1) is 0 Å². The van der Waals surface area contributed by atoms with Gasteiger partial charge in [0.2, 0.25) is 0 Å². The van der Waals surface area contributed by atoms with E-state index in [-0.39, 0.29) is 29.1 Å². The SMILES string of the molecule is NCc1ccc2oc(=O)c(N)c(O)c2n1. The summed E-state index contributed by atoms with van der Waals surface area (Å²) in [7, 11) is 0. The van der Waals surface area contributed by atoms with Crippen molar-refractivity contribution in [3.05, 3.63) is 28.2 Å². The Balaban J connectivity index is 2.87. The highest BCUT2D eigenvalue weighted by Gasteiger charge is 2.12. The van der Waals surface area contributed by atoms with Crippen LogP contribution in [0.4, 0.5) is 5.69 Å². The first-order valence-corrected chi connectivity index (χ1v) is 4.24. The van der Waals surface area contributed by atoms with Gasteiger partial charge >= 0.3 is 5.63 Å². The lowest BCUT2D eigenvalue weighted by molar-refractivity contribution is 0.470. The van der Waals surface area contributed by atoms with E-state index in [1.54, 1.807) is 6.07 Å². The molecule has 0 radical (unpaired) electrons. The number of hydrogen-bond donors (Lipinski definition) is 3. The van der Waals surface area contributed by atoms with E-state index >= 15 is 0 Å². The maximum atomic E-state index is 11.1. The zero-order valence-corrected chi connectivity index (χ0v) is 7.73. The molecule has 78 valence electrons. The molecule has 0 saturated heterocycles. The Bertz CT molecular complexity index is 577. The maximum absolute atomic E-state index is 11.1. The van der Waals surface area contributed by atoms with Crippen LogP contribution < -0.4 is 17.1 Å². The van der Waals surface area contributed by atoms with Gasteiger partial charge in [0, 0.05) is 6.54 Å². The summed E-state index contributed by atoms with van der Waals surface area (Å²) in [6.45, 7) is 0.231. The molecule has 0 bridgehead atoms. The highest BCUT2D eigenvalue weighted by atomic mass is 16.4. The van der Waals surface area contributed by atoms with E-state index in [1.807, 2.05) is 0 Å². The number of aromatic nitrogens is 1. The van der Waals surface area contributed by atoms with Crippen molar-refractivity contribution in [1.82, 2.24) is 4.98 Å². The van der Waals surface area contributed by atoms with Gasteiger partial charge in [-0.2, -0.15) is 0 Å². The predicted molar refractivity (Wildman–Crippen MR) is 54.2 cm³/mol. The summed E-state index contributed by atoms with van der Waals surface area (Å²) in [5.41, 5.74) is 10.5. The van der Waals surface area contributed by atoms with Crippen LogP contribution >= 0.6 is 0 Å². The number of hydrogen-bond acceptors (Lipinski definition) is 6. The molecule has 0 saturated carbocycles. The Morgan fingerprint density at radius 1 is 1.47 bits per heavy atom. The second-order valence-corrected chi connectivity index (χ2v) is 3.01. The molecule has 0 amide bonds.